The van der Waals surface area contributed by atoms with E-state index in [0.29, 0.717) is 6.04 Å². The van der Waals surface area contributed by atoms with E-state index < -0.39 is 29.0 Å². The molecule has 0 bridgehead atoms. The van der Waals surface area contributed by atoms with Gasteiger partial charge in [0.2, 0.25) is 5.91 Å². The van der Waals surface area contributed by atoms with Crippen LogP contribution in [-0.2, 0) is 4.79 Å². The van der Waals surface area contributed by atoms with Gasteiger partial charge in [-0.25, -0.2) is 18.2 Å². The van der Waals surface area contributed by atoms with Crippen molar-refractivity contribution in [2.45, 2.75) is 18.9 Å². The molecule has 5 nitrogen and oxygen atoms in total. The van der Waals surface area contributed by atoms with Crippen LogP contribution in [0, 0.1) is 17.5 Å². The standard InChI is InChI=1S/C13H15F3N4O/c1-20(7-2-3-7)13(17)18-6-10(21)19-9-5-4-8(14)11(15)12(9)16/h4-5,7H,2-3,6H2,1H3,(H2,17,18)(H,19,21). The average Bonchev–Trinajstić information content (AvgIpc) is 3.29. The van der Waals surface area contributed by atoms with Crippen LogP contribution in [0.4, 0.5) is 18.9 Å². The Labute approximate surface area is 119 Å². The number of carbonyl (C=O) groups excluding carboxylic acids is 1. The highest BCUT2D eigenvalue weighted by molar-refractivity contribution is 5.94. The van der Waals surface area contributed by atoms with Crippen molar-refractivity contribution in [1.29, 1.82) is 0 Å². The molecule has 0 aromatic heterocycles. The molecule has 3 N–H and O–H groups in total. The predicted octanol–water partition coefficient (Wildman–Crippen LogP) is 1.45. The highest BCUT2D eigenvalue weighted by atomic mass is 19.2. The summed E-state index contributed by atoms with van der Waals surface area (Å²) in [5, 5.41) is 2.12. The molecule has 2 rings (SSSR count). The molecule has 8 heteroatoms. The van der Waals surface area contributed by atoms with Gasteiger partial charge < -0.3 is 16.0 Å². The number of carbonyl (C=O) groups is 1. The van der Waals surface area contributed by atoms with E-state index >= 15 is 0 Å². The number of benzene rings is 1. The molecule has 114 valence electrons. The van der Waals surface area contributed by atoms with E-state index in [4.69, 9.17) is 5.73 Å². The summed E-state index contributed by atoms with van der Waals surface area (Å²) in [6.07, 6.45) is 2.05. The van der Waals surface area contributed by atoms with Crippen LogP contribution in [0.25, 0.3) is 0 Å². The minimum absolute atomic E-state index is 0.207. The van der Waals surface area contributed by atoms with Crippen molar-refractivity contribution in [3.8, 4) is 0 Å². The van der Waals surface area contributed by atoms with Crippen molar-refractivity contribution in [3.05, 3.63) is 29.6 Å². The lowest BCUT2D eigenvalue weighted by atomic mass is 10.3. The van der Waals surface area contributed by atoms with E-state index in [9.17, 15) is 18.0 Å². The highest BCUT2D eigenvalue weighted by Gasteiger charge is 2.27. The zero-order chi connectivity index (χ0) is 15.6. The number of halogens is 3. The fourth-order valence-corrected chi connectivity index (χ4v) is 1.73. The molecule has 0 atom stereocenters. The van der Waals surface area contributed by atoms with E-state index in [0.717, 1.165) is 25.0 Å². The summed E-state index contributed by atoms with van der Waals surface area (Å²) in [5.41, 5.74) is 5.24. The lowest BCUT2D eigenvalue weighted by Crippen LogP contribution is -2.36. The fourth-order valence-electron chi connectivity index (χ4n) is 1.73. The SMILES string of the molecule is CN(C(N)=NCC(=O)Nc1ccc(F)c(F)c1F)C1CC1. The first-order valence-electron chi connectivity index (χ1n) is 6.36. The van der Waals surface area contributed by atoms with Crippen molar-refractivity contribution in [2.24, 2.45) is 10.7 Å². The molecule has 1 aromatic rings. The Morgan fingerprint density at radius 2 is 2.05 bits per heavy atom. The Bertz CT molecular complexity index is 587. The van der Waals surface area contributed by atoms with Crippen LogP contribution in [0.5, 0.6) is 0 Å². The van der Waals surface area contributed by atoms with Crippen LogP contribution in [0.2, 0.25) is 0 Å². The number of rotatable bonds is 4. The number of nitrogens with two attached hydrogens (primary N) is 1. The number of hydrogen-bond acceptors (Lipinski definition) is 2. The first kappa shape index (κ1) is 15.1. The van der Waals surface area contributed by atoms with E-state index in [2.05, 4.69) is 10.3 Å². The van der Waals surface area contributed by atoms with Crippen molar-refractivity contribution in [2.75, 3.05) is 18.9 Å². The van der Waals surface area contributed by atoms with E-state index in [1.807, 2.05) is 0 Å². The Balaban J connectivity index is 1.95. The lowest BCUT2D eigenvalue weighted by Gasteiger charge is -2.16. The van der Waals surface area contributed by atoms with Crippen LogP contribution < -0.4 is 11.1 Å². The van der Waals surface area contributed by atoms with Gasteiger partial charge in [0.25, 0.3) is 0 Å². The fraction of sp³-hybridized carbons (Fsp3) is 0.385. The van der Waals surface area contributed by atoms with Gasteiger partial charge in [0, 0.05) is 13.1 Å². The zero-order valence-electron chi connectivity index (χ0n) is 11.4. The minimum atomic E-state index is -1.63. The lowest BCUT2D eigenvalue weighted by molar-refractivity contribution is -0.114. The average molecular weight is 300 g/mol. The van der Waals surface area contributed by atoms with Crippen LogP contribution in [0.3, 0.4) is 0 Å². The van der Waals surface area contributed by atoms with Gasteiger partial charge in [0.1, 0.15) is 6.54 Å². The van der Waals surface area contributed by atoms with Crippen molar-refractivity contribution < 1.29 is 18.0 Å². The van der Waals surface area contributed by atoms with Gasteiger partial charge in [0.15, 0.2) is 23.4 Å². The summed E-state index contributed by atoms with van der Waals surface area (Å²) in [7, 11) is 1.77. The number of amides is 1. The maximum Gasteiger partial charge on any atom is 0.246 e. The monoisotopic (exact) mass is 300 g/mol. The van der Waals surface area contributed by atoms with Crippen molar-refractivity contribution in [1.82, 2.24) is 4.90 Å². The number of aliphatic imine (C=N–C) groups is 1. The maximum atomic E-state index is 13.4. The molecule has 1 aromatic carbocycles. The molecule has 0 radical (unpaired) electrons. The molecule has 1 aliphatic carbocycles. The van der Waals surface area contributed by atoms with Gasteiger partial charge in [-0.2, -0.15) is 0 Å². The number of nitrogens with one attached hydrogen (secondary N) is 1. The third-order valence-corrected chi connectivity index (χ3v) is 3.15. The van der Waals surface area contributed by atoms with E-state index in [1.54, 1.807) is 11.9 Å². The van der Waals surface area contributed by atoms with E-state index in [1.165, 1.54) is 0 Å². The third kappa shape index (κ3) is 3.65. The first-order chi connectivity index (χ1) is 9.90. The third-order valence-electron chi connectivity index (χ3n) is 3.15. The molecular formula is C13H15F3N4O. The van der Waals surface area contributed by atoms with Crippen LogP contribution >= 0.6 is 0 Å². The first-order valence-corrected chi connectivity index (χ1v) is 6.36. The Morgan fingerprint density at radius 1 is 1.38 bits per heavy atom. The number of hydrogen-bond donors (Lipinski definition) is 2. The Hall–Kier alpha value is -2.25. The highest BCUT2D eigenvalue weighted by Crippen LogP contribution is 2.24. The molecular weight excluding hydrogens is 285 g/mol. The largest absolute Gasteiger partial charge is 0.370 e. The summed E-state index contributed by atoms with van der Waals surface area (Å²) < 4.78 is 39.1. The molecule has 1 saturated carbocycles. The van der Waals surface area contributed by atoms with Gasteiger partial charge in [0.05, 0.1) is 5.69 Å². The molecule has 0 aliphatic heterocycles. The summed E-state index contributed by atoms with van der Waals surface area (Å²) >= 11 is 0. The predicted molar refractivity (Wildman–Crippen MR) is 72.2 cm³/mol. The molecule has 0 heterocycles. The molecule has 0 saturated heterocycles. The summed E-state index contributed by atoms with van der Waals surface area (Å²) in [6.45, 7) is -0.332. The van der Waals surface area contributed by atoms with E-state index in [-0.39, 0.29) is 12.5 Å². The smallest absolute Gasteiger partial charge is 0.246 e. The molecule has 1 amide bonds. The molecule has 0 spiro atoms. The summed E-state index contributed by atoms with van der Waals surface area (Å²) in [5.74, 6) is -4.87. The van der Waals surface area contributed by atoms with Gasteiger partial charge in [-0.05, 0) is 25.0 Å². The number of anilines is 1. The second-order valence-corrected chi connectivity index (χ2v) is 4.79. The Kier molecular flexibility index (Phi) is 4.35. The summed E-state index contributed by atoms with van der Waals surface area (Å²) in [4.78, 5) is 17.2. The van der Waals surface area contributed by atoms with Crippen molar-refractivity contribution in [3.63, 3.8) is 0 Å². The topological polar surface area (TPSA) is 70.7 Å². The molecule has 1 aliphatic rings. The Morgan fingerprint density at radius 3 is 2.67 bits per heavy atom. The summed E-state index contributed by atoms with van der Waals surface area (Å²) in [6, 6.07) is 2.02. The van der Waals surface area contributed by atoms with Gasteiger partial charge in [-0.15, -0.1) is 0 Å². The van der Waals surface area contributed by atoms with Crippen LogP contribution in [0.1, 0.15) is 12.8 Å². The normalized spacial score (nSPS) is 15.0. The van der Waals surface area contributed by atoms with Gasteiger partial charge in [-0.1, -0.05) is 0 Å². The quantitative estimate of drug-likeness (QED) is 0.502. The minimum Gasteiger partial charge on any atom is -0.370 e. The van der Waals surface area contributed by atoms with Gasteiger partial charge in [-0.3, -0.25) is 4.79 Å². The molecule has 1 fully saturated rings. The second kappa shape index (κ2) is 6.02. The van der Waals surface area contributed by atoms with Crippen molar-refractivity contribution >= 4 is 17.6 Å². The maximum absolute atomic E-state index is 13.4. The number of guanidine groups is 1. The number of nitrogens with zero attached hydrogens (tertiary/aromatic N) is 2. The van der Waals surface area contributed by atoms with Crippen LogP contribution in [-0.4, -0.2) is 36.4 Å². The van der Waals surface area contributed by atoms with Gasteiger partial charge >= 0.3 is 0 Å². The second-order valence-electron chi connectivity index (χ2n) is 4.79. The van der Waals surface area contributed by atoms with Crippen LogP contribution in [0.15, 0.2) is 17.1 Å². The molecule has 21 heavy (non-hydrogen) atoms. The molecule has 0 unspecified atom stereocenters. The zero-order valence-corrected chi connectivity index (χ0v) is 11.4.